The molecule has 0 amide bonds. The molecule has 0 aromatic heterocycles. The number of allylic oxidation sites excluding steroid dienone is 2. The highest BCUT2D eigenvalue weighted by atomic mass is 19.2. The van der Waals surface area contributed by atoms with Crippen LogP contribution in [0.2, 0.25) is 0 Å². The van der Waals surface area contributed by atoms with Gasteiger partial charge in [0.05, 0.1) is 6.61 Å². The summed E-state index contributed by atoms with van der Waals surface area (Å²) in [5.74, 6) is 0.349. The summed E-state index contributed by atoms with van der Waals surface area (Å²) in [6.45, 7) is 4.91. The highest BCUT2D eigenvalue weighted by Gasteiger charge is 2.25. The Kier molecular flexibility index (Phi) is 8.97. The first-order valence-corrected chi connectivity index (χ1v) is 13.5. The largest absolute Gasteiger partial charge is 0.493 e. The van der Waals surface area contributed by atoms with Gasteiger partial charge in [0.15, 0.2) is 11.6 Å². The second kappa shape index (κ2) is 12.1. The molecular formula is C31H39F3O. The van der Waals surface area contributed by atoms with Gasteiger partial charge in [0.2, 0.25) is 0 Å². The lowest BCUT2D eigenvalue weighted by atomic mass is 9.76. The fourth-order valence-corrected chi connectivity index (χ4v) is 5.63. The molecule has 1 saturated carbocycles. The molecule has 2 aromatic rings. The molecule has 2 aromatic carbocycles. The SMILES string of the molecule is CCCCOc1ccc(C2CCC(CCc3ccc(C4=CCC(C)CC4)c(F)c3F)CC2)c(F)c1. The molecule has 0 heterocycles. The average molecular weight is 485 g/mol. The van der Waals surface area contributed by atoms with E-state index < -0.39 is 11.6 Å². The number of hydrogen-bond donors (Lipinski definition) is 0. The molecule has 1 fully saturated rings. The lowest BCUT2D eigenvalue weighted by Crippen LogP contribution is -2.15. The fourth-order valence-electron chi connectivity index (χ4n) is 5.63. The molecule has 0 saturated heterocycles. The predicted molar refractivity (Wildman–Crippen MR) is 137 cm³/mol. The Labute approximate surface area is 208 Å². The first-order valence-electron chi connectivity index (χ1n) is 13.5. The first-order chi connectivity index (χ1) is 17.0. The maximum atomic E-state index is 14.9. The van der Waals surface area contributed by atoms with Gasteiger partial charge in [-0.15, -0.1) is 0 Å². The van der Waals surface area contributed by atoms with Gasteiger partial charge >= 0.3 is 0 Å². The summed E-state index contributed by atoms with van der Waals surface area (Å²) in [5, 5.41) is 0. The highest BCUT2D eigenvalue weighted by molar-refractivity contribution is 5.67. The minimum Gasteiger partial charge on any atom is -0.493 e. The van der Waals surface area contributed by atoms with Crippen LogP contribution >= 0.6 is 0 Å². The van der Waals surface area contributed by atoms with E-state index in [1.807, 2.05) is 12.1 Å². The number of rotatable bonds is 9. The van der Waals surface area contributed by atoms with Crippen molar-refractivity contribution in [3.63, 3.8) is 0 Å². The van der Waals surface area contributed by atoms with Crippen LogP contribution in [0.25, 0.3) is 5.57 Å². The molecule has 190 valence electrons. The van der Waals surface area contributed by atoms with E-state index in [1.165, 1.54) is 6.07 Å². The van der Waals surface area contributed by atoms with E-state index in [0.29, 0.717) is 41.7 Å². The van der Waals surface area contributed by atoms with Crippen LogP contribution in [-0.2, 0) is 6.42 Å². The van der Waals surface area contributed by atoms with Crippen molar-refractivity contribution < 1.29 is 17.9 Å². The third-order valence-electron chi connectivity index (χ3n) is 8.03. The lowest BCUT2D eigenvalue weighted by molar-refractivity contribution is 0.300. The molecule has 1 atom stereocenters. The molecule has 4 rings (SSSR count). The molecule has 0 spiro atoms. The second-order valence-electron chi connectivity index (χ2n) is 10.7. The highest BCUT2D eigenvalue weighted by Crippen LogP contribution is 2.39. The Morgan fingerprint density at radius 3 is 2.43 bits per heavy atom. The van der Waals surface area contributed by atoms with Gasteiger partial charge in [-0.2, -0.15) is 0 Å². The predicted octanol–water partition coefficient (Wildman–Crippen LogP) is 9.39. The maximum Gasteiger partial charge on any atom is 0.166 e. The van der Waals surface area contributed by atoms with E-state index in [9.17, 15) is 13.2 Å². The molecule has 0 bridgehead atoms. The summed E-state index contributed by atoms with van der Waals surface area (Å²) >= 11 is 0. The van der Waals surface area contributed by atoms with Crippen molar-refractivity contribution in [2.75, 3.05) is 6.61 Å². The monoisotopic (exact) mass is 484 g/mol. The zero-order valence-corrected chi connectivity index (χ0v) is 21.2. The quantitative estimate of drug-likeness (QED) is 0.322. The zero-order chi connectivity index (χ0) is 24.8. The fraction of sp³-hybridized carbons (Fsp3) is 0.548. The van der Waals surface area contributed by atoms with Gasteiger partial charge in [-0.3, -0.25) is 0 Å². The van der Waals surface area contributed by atoms with Gasteiger partial charge < -0.3 is 4.74 Å². The molecule has 4 heteroatoms. The van der Waals surface area contributed by atoms with E-state index in [1.54, 1.807) is 12.1 Å². The van der Waals surface area contributed by atoms with Crippen LogP contribution in [0, 0.1) is 29.3 Å². The minimum absolute atomic E-state index is 0.178. The first kappa shape index (κ1) is 25.9. The Morgan fingerprint density at radius 1 is 0.943 bits per heavy atom. The number of benzene rings is 2. The smallest absolute Gasteiger partial charge is 0.166 e. The number of halogens is 3. The number of aryl methyl sites for hydroxylation is 1. The van der Waals surface area contributed by atoms with E-state index in [4.69, 9.17) is 4.74 Å². The van der Waals surface area contributed by atoms with Crippen LogP contribution in [0.1, 0.15) is 101 Å². The molecule has 35 heavy (non-hydrogen) atoms. The molecule has 0 N–H and O–H groups in total. The maximum absolute atomic E-state index is 14.9. The normalized spacial score (nSPS) is 22.7. The zero-order valence-electron chi connectivity index (χ0n) is 21.2. The standard InChI is InChI=1S/C31H39F3O/c1-3-4-19-35-26-16-18-27(29(32)20-26)23-12-7-22(8-13-23)9-14-25-15-17-28(31(34)30(25)33)24-10-5-21(2)6-11-24/h10,15-18,20-23H,3-9,11-14,19H2,1-2H3. The van der Waals surface area contributed by atoms with E-state index >= 15 is 0 Å². The minimum atomic E-state index is -0.690. The number of ether oxygens (including phenoxy) is 1. The van der Waals surface area contributed by atoms with Crippen molar-refractivity contribution in [3.05, 3.63) is 70.5 Å². The molecule has 2 aliphatic carbocycles. The van der Waals surface area contributed by atoms with E-state index in [0.717, 1.165) is 75.3 Å². The lowest BCUT2D eigenvalue weighted by Gasteiger charge is -2.29. The summed E-state index contributed by atoms with van der Waals surface area (Å²) in [7, 11) is 0. The van der Waals surface area contributed by atoms with Crippen molar-refractivity contribution in [2.45, 2.75) is 90.4 Å². The summed E-state index contributed by atoms with van der Waals surface area (Å²) in [5.41, 5.74) is 2.63. The van der Waals surface area contributed by atoms with Crippen molar-refractivity contribution in [1.29, 1.82) is 0 Å². The summed E-state index contributed by atoms with van der Waals surface area (Å²) < 4.78 is 50.0. The van der Waals surface area contributed by atoms with Crippen molar-refractivity contribution in [2.24, 2.45) is 11.8 Å². The van der Waals surface area contributed by atoms with Crippen LogP contribution < -0.4 is 4.74 Å². The van der Waals surface area contributed by atoms with Gasteiger partial charge in [0.1, 0.15) is 11.6 Å². The average Bonchev–Trinajstić information content (AvgIpc) is 2.86. The van der Waals surface area contributed by atoms with Crippen molar-refractivity contribution >= 4 is 5.57 Å². The van der Waals surface area contributed by atoms with Gasteiger partial charge in [-0.1, -0.05) is 44.5 Å². The molecule has 1 unspecified atom stereocenters. The molecule has 0 radical (unpaired) electrons. The van der Waals surface area contributed by atoms with Gasteiger partial charge in [0, 0.05) is 11.6 Å². The van der Waals surface area contributed by atoms with E-state index in [2.05, 4.69) is 19.9 Å². The molecule has 0 aliphatic heterocycles. The van der Waals surface area contributed by atoms with Crippen LogP contribution in [0.4, 0.5) is 13.2 Å². The molecule has 2 aliphatic rings. The summed E-state index contributed by atoms with van der Waals surface area (Å²) in [6.07, 6.45) is 12.1. The second-order valence-corrected chi connectivity index (χ2v) is 10.7. The summed E-state index contributed by atoms with van der Waals surface area (Å²) in [4.78, 5) is 0. The van der Waals surface area contributed by atoms with Gasteiger partial charge in [-0.25, -0.2) is 13.2 Å². The van der Waals surface area contributed by atoms with Crippen LogP contribution in [0.3, 0.4) is 0 Å². The molecular weight excluding hydrogens is 445 g/mol. The summed E-state index contributed by atoms with van der Waals surface area (Å²) in [6, 6.07) is 8.82. The van der Waals surface area contributed by atoms with Crippen molar-refractivity contribution in [3.8, 4) is 5.75 Å². The Bertz CT molecular complexity index is 1020. The Morgan fingerprint density at radius 2 is 1.74 bits per heavy atom. The van der Waals surface area contributed by atoms with Crippen molar-refractivity contribution in [1.82, 2.24) is 0 Å². The third-order valence-corrected chi connectivity index (χ3v) is 8.03. The van der Waals surface area contributed by atoms with Crippen LogP contribution in [0.5, 0.6) is 5.75 Å². The Balaban J connectivity index is 1.29. The topological polar surface area (TPSA) is 9.23 Å². The number of hydrogen-bond acceptors (Lipinski definition) is 1. The Hall–Kier alpha value is -2.23. The van der Waals surface area contributed by atoms with Gasteiger partial charge in [-0.05, 0) is 105 Å². The van der Waals surface area contributed by atoms with E-state index in [-0.39, 0.29) is 11.7 Å². The van der Waals surface area contributed by atoms with Gasteiger partial charge in [0.25, 0.3) is 0 Å². The third kappa shape index (κ3) is 6.51. The van der Waals surface area contributed by atoms with Crippen LogP contribution in [-0.4, -0.2) is 6.61 Å². The molecule has 1 nitrogen and oxygen atoms in total. The van der Waals surface area contributed by atoms with Crippen LogP contribution in [0.15, 0.2) is 36.4 Å². The number of unbranched alkanes of at least 4 members (excludes halogenated alkanes) is 1.